The Morgan fingerprint density at radius 1 is 1.64 bits per heavy atom. The van der Waals surface area contributed by atoms with E-state index in [0.29, 0.717) is 5.13 Å². The Bertz CT molecular complexity index is 263. The molecule has 0 bridgehead atoms. The van der Waals surface area contributed by atoms with Gasteiger partial charge < -0.3 is 5.73 Å². The Morgan fingerprint density at radius 2 is 2.45 bits per heavy atom. The van der Waals surface area contributed by atoms with Gasteiger partial charge in [-0.2, -0.15) is 0 Å². The van der Waals surface area contributed by atoms with Gasteiger partial charge in [-0.25, -0.2) is 0 Å². The predicted octanol–water partition coefficient (Wildman–Crippen LogP) is 1.24. The van der Waals surface area contributed by atoms with Crippen LogP contribution in [0.4, 0.5) is 5.13 Å². The molecule has 0 radical (unpaired) electrons. The summed E-state index contributed by atoms with van der Waals surface area (Å²) in [5.41, 5.74) is 5.37. The molecule has 58 valence electrons. The molecule has 3 nitrogen and oxygen atoms in total. The minimum atomic E-state index is 0.508. The summed E-state index contributed by atoms with van der Waals surface area (Å²) in [4.78, 5) is 0. The van der Waals surface area contributed by atoms with Crippen molar-refractivity contribution in [2.24, 2.45) is 0 Å². The topological polar surface area (TPSA) is 51.8 Å². The van der Waals surface area contributed by atoms with Crippen LogP contribution in [0.15, 0.2) is 4.34 Å². The number of terminal acetylenes is 1. The lowest BCUT2D eigenvalue weighted by Gasteiger charge is -1.87. The number of nitrogens with zero attached hydrogens (tertiary/aromatic N) is 2. The second kappa shape index (κ2) is 4.21. The Morgan fingerprint density at radius 3 is 3.00 bits per heavy atom. The van der Waals surface area contributed by atoms with Gasteiger partial charge in [0.2, 0.25) is 5.13 Å². The maximum atomic E-state index is 5.37. The Balaban J connectivity index is 2.34. The molecule has 0 fully saturated rings. The quantitative estimate of drug-likeness (QED) is 0.437. The summed E-state index contributed by atoms with van der Waals surface area (Å²) in [6, 6.07) is 0. The summed E-state index contributed by atoms with van der Waals surface area (Å²) in [6.45, 7) is 0. The first-order valence-electron chi connectivity index (χ1n) is 2.98. The molecule has 0 aliphatic heterocycles. The van der Waals surface area contributed by atoms with Crippen LogP contribution >= 0.6 is 23.1 Å². The average Bonchev–Trinajstić information content (AvgIpc) is 2.37. The molecule has 1 rings (SSSR count). The van der Waals surface area contributed by atoms with Gasteiger partial charge in [0.1, 0.15) is 0 Å². The van der Waals surface area contributed by atoms with Crippen LogP contribution in [-0.4, -0.2) is 16.0 Å². The maximum Gasteiger partial charge on any atom is 0.203 e. The van der Waals surface area contributed by atoms with E-state index in [9.17, 15) is 0 Å². The number of hydrogen-bond donors (Lipinski definition) is 1. The average molecular weight is 185 g/mol. The van der Waals surface area contributed by atoms with Crippen LogP contribution in [0.25, 0.3) is 0 Å². The summed E-state index contributed by atoms with van der Waals surface area (Å²) in [7, 11) is 0. The first kappa shape index (κ1) is 8.37. The molecule has 0 atom stereocenters. The Labute approximate surface area is 73.4 Å². The third-order valence-electron chi connectivity index (χ3n) is 0.894. The third-order valence-corrected chi connectivity index (χ3v) is 2.78. The monoisotopic (exact) mass is 185 g/mol. The second-order valence-corrected chi connectivity index (χ2v) is 4.06. The van der Waals surface area contributed by atoms with E-state index < -0.39 is 0 Å². The van der Waals surface area contributed by atoms with E-state index in [0.717, 1.165) is 16.5 Å². The lowest BCUT2D eigenvalue weighted by Crippen LogP contribution is -1.80. The summed E-state index contributed by atoms with van der Waals surface area (Å²) in [6.07, 6.45) is 5.83. The van der Waals surface area contributed by atoms with Crippen LogP contribution in [-0.2, 0) is 0 Å². The fraction of sp³-hybridized carbons (Fsp3) is 0.333. The zero-order valence-electron chi connectivity index (χ0n) is 5.78. The number of hydrogen-bond acceptors (Lipinski definition) is 5. The molecule has 0 aliphatic carbocycles. The van der Waals surface area contributed by atoms with Crippen molar-refractivity contribution in [1.82, 2.24) is 10.2 Å². The highest BCUT2D eigenvalue weighted by Gasteiger charge is 1.99. The molecule has 0 spiro atoms. The van der Waals surface area contributed by atoms with Gasteiger partial charge in [-0.3, -0.25) is 0 Å². The van der Waals surface area contributed by atoms with Crippen LogP contribution in [0.2, 0.25) is 0 Å². The molecule has 1 aromatic heterocycles. The normalized spacial score (nSPS) is 9.36. The minimum absolute atomic E-state index is 0.508. The van der Waals surface area contributed by atoms with Crippen molar-refractivity contribution in [2.75, 3.05) is 11.5 Å². The molecule has 0 saturated carbocycles. The Kier molecular flexibility index (Phi) is 3.20. The standard InChI is InChI=1S/C6H7N3S2/c1-2-3-4-10-6-9-8-5(7)11-6/h1H,3-4H2,(H2,7,8). The van der Waals surface area contributed by atoms with Gasteiger partial charge in [0.25, 0.3) is 0 Å². The van der Waals surface area contributed by atoms with Crippen molar-refractivity contribution < 1.29 is 0 Å². The van der Waals surface area contributed by atoms with E-state index in [1.807, 2.05) is 0 Å². The van der Waals surface area contributed by atoms with E-state index in [1.165, 1.54) is 11.3 Å². The van der Waals surface area contributed by atoms with Crippen molar-refractivity contribution in [3.63, 3.8) is 0 Å². The van der Waals surface area contributed by atoms with Crippen molar-refractivity contribution in [1.29, 1.82) is 0 Å². The third kappa shape index (κ3) is 2.78. The molecule has 5 heteroatoms. The number of aromatic nitrogens is 2. The number of rotatable bonds is 3. The molecular formula is C6H7N3S2. The van der Waals surface area contributed by atoms with E-state index in [4.69, 9.17) is 12.2 Å². The molecule has 1 aromatic rings. The van der Waals surface area contributed by atoms with Crippen LogP contribution < -0.4 is 5.73 Å². The maximum absolute atomic E-state index is 5.37. The van der Waals surface area contributed by atoms with Crippen molar-refractivity contribution in [3.05, 3.63) is 0 Å². The van der Waals surface area contributed by atoms with Crippen molar-refractivity contribution in [3.8, 4) is 12.3 Å². The van der Waals surface area contributed by atoms with Crippen LogP contribution in [0.3, 0.4) is 0 Å². The molecule has 0 aromatic carbocycles. The summed E-state index contributed by atoms with van der Waals surface area (Å²) in [5, 5.41) is 8.00. The largest absolute Gasteiger partial charge is 0.374 e. The molecule has 0 unspecified atom stereocenters. The molecule has 11 heavy (non-hydrogen) atoms. The highest BCUT2D eigenvalue weighted by Crippen LogP contribution is 2.23. The lowest BCUT2D eigenvalue weighted by molar-refractivity contribution is 1.02. The molecule has 0 saturated heterocycles. The lowest BCUT2D eigenvalue weighted by atomic mass is 10.5. The van der Waals surface area contributed by atoms with Gasteiger partial charge in [0, 0.05) is 12.2 Å². The minimum Gasteiger partial charge on any atom is -0.374 e. The fourth-order valence-electron chi connectivity index (χ4n) is 0.476. The highest BCUT2D eigenvalue weighted by molar-refractivity contribution is 8.01. The first-order valence-corrected chi connectivity index (χ1v) is 4.78. The first-order chi connectivity index (χ1) is 5.33. The molecular weight excluding hydrogens is 178 g/mol. The van der Waals surface area contributed by atoms with E-state index in [1.54, 1.807) is 11.8 Å². The predicted molar refractivity (Wildman–Crippen MR) is 48.5 cm³/mol. The van der Waals surface area contributed by atoms with Gasteiger partial charge in [-0.15, -0.1) is 22.5 Å². The number of thioether (sulfide) groups is 1. The fourth-order valence-corrected chi connectivity index (χ4v) is 2.05. The van der Waals surface area contributed by atoms with Crippen molar-refractivity contribution >= 4 is 28.2 Å². The molecule has 1 heterocycles. The second-order valence-electron chi connectivity index (χ2n) is 1.71. The van der Waals surface area contributed by atoms with Gasteiger partial charge in [0.15, 0.2) is 4.34 Å². The van der Waals surface area contributed by atoms with Gasteiger partial charge in [-0.05, 0) is 0 Å². The van der Waals surface area contributed by atoms with Crippen LogP contribution in [0.1, 0.15) is 6.42 Å². The SMILES string of the molecule is C#CCCSc1nnc(N)s1. The molecule has 0 amide bonds. The van der Waals surface area contributed by atoms with E-state index in [2.05, 4.69) is 16.1 Å². The molecule has 2 N–H and O–H groups in total. The van der Waals surface area contributed by atoms with Gasteiger partial charge in [-0.1, -0.05) is 23.1 Å². The zero-order valence-corrected chi connectivity index (χ0v) is 7.41. The Hall–Kier alpha value is -0.730. The van der Waals surface area contributed by atoms with Crippen LogP contribution in [0, 0.1) is 12.3 Å². The summed E-state index contributed by atoms with van der Waals surface area (Å²) in [5.74, 6) is 3.43. The number of nitrogen functional groups attached to an aromatic ring is 1. The molecule has 0 aliphatic rings. The van der Waals surface area contributed by atoms with Gasteiger partial charge in [0.05, 0.1) is 0 Å². The van der Waals surface area contributed by atoms with E-state index >= 15 is 0 Å². The smallest absolute Gasteiger partial charge is 0.203 e. The number of nitrogens with two attached hydrogens (primary N) is 1. The summed E-state index contributed by atoms with van der Waals surface area (Å²) >= 11 is 2.98. The van der Waals surface area contributed by atoms with Gasteiger partial charge >= 0.3 is 0 Å². The van der Waals surface area contributed by atoms with Crippen LogP contribution in [0.5, 0.6) is 0 Å². The zero-order chi connectivity index (χ0) is 8.10. The number of anilines is 1. The van der Waals surface area contributed by atoms with Crippen molar-refractivity contribution in [2.45, 2.75) is 10.8 Å². The summed E-state index contributed by atoms with van der Waals surface area (Å²) < 4.78 is 0.887. The highest BCUT2D eigenvalue weighted by atomic mass is 32.2. The van der Waals surface area contributed by atoms with E-state index in [-0.39, 0.29) is 0 Å².